The number of benzene rings is 2. The molecular weight excluding hydrogens is 481 g/mol. The van der Waals surface area contributed by atoms with Crippen LogP contribution in [0.15, 0.2) is 42.9 Å². The summed E-state index contributed by atoms with van der Waals surface area (Å²) in [6.45, 7) is 3.30. The summed E-state index contributed by atoms with van der Waals surface area (Å²) >= 11 is 6.26. The summed E-state index contributed by atoms with van der Waals surface area (Å²) in [5.74, 6) is -2.20. The van der Waals surface area contributed by atoms with Crippen molar-refractivity contribution in [1.82, 2.24) is 15.0 Å². The van der Waals surface area contributed by atoms with Gasteiger partial charge in [-0.25, -0.2) is 13.2 Å². The van der Waals surface area contributed by atoms with Gasteiger partial charge in [0.2, 0.25) is 0 Å². The Morgan fingerprint density at radius 1 is 0.971 bits per heavy atom. The van der Waals surface area contributed by atoms with Crippen LogP contribution >= 0.6 is 11.6 Å². The highest BCUT2D eigenvalue weighted by Gasteiger charge is 2.25. The lowest BCUT2D eigenvalue weighted by atomic mass is 9.95. The van der Waals surface area contributed by atoms with Crippen LogP contribution in [-0.2, 0) is 4.74 Å². The van der Waals surface area contributed by atoms with Crippen molar-refractivity contribution in [2.45, 2.75) is 13.0 Å². The first-order chi connectivity index (χ1) is 16.9. The maximum atomic E-state index is 15.5. The second kappa shape index (κ2) is 9.41. The first kappa shape index (κ1) is 23.5. The van der Waals surface area contributed by atoms with Crippen molar-refractivity contribution >= 4 is 28.2 Å². The first-order valence-corrected chi connectivity index (χ1v) is 11.3. The molecule has 4 aromatic rings. The molecule has 35 heavy (non-hydrogen) atoms. The Labute approximate surface area is 204 Å². The van der Waals surface area contributed by atoms with E-state index in [1.165, 1.54) is 30.7 Å². The standard InChI is InChI=1S/C25H20ClF3N4O2/c1-13-23(32-5-4-30-13)25(34)16-10-15(18(27)11-17(16)26)14-2-3-31-24-21(14)19(28)12-20(22(24)29)33-6-8-35-9-7-33/h2-5,10-12,25,34H,6-9H2,1H3/t25-/m1/s1. The fourth-order valence-corrected chi connectivity index (χ4v) is 4.58. The van der Waals surface area contributed by atoms with Gasteiger partial charge in [0.1, 0.15) is 23.3 Å². The molecule has 2 aromatic carbocycles. The summed E-state index contributed by atoms with van der Waals surface area (Å²) < 4.78 is 51.4. The maximum Gasteiger partial charge on any atom is 0.172 e. The van der Waals surface area contributed by atoms with Gasteiger partial charge in [-0.15, -0.1) is 0 Å². The molecule has 1 aliphatic rings. The number of rotatable bonds is 4. The molecule has 2 aromatic heterocycles. The number of nitrogens with zero attached hydrogens (tertiary/aromatic N) is 4. The van der Waals surface area contributed by atoms with E-state index in [1.54, 1.807) is 11.8 Å². The third-order valence-corrected chi connectivity index (χ3v) is 6.41. The molecule has 3 heterocycles. The van der Waals surface area contributed by atoms with Crippen LogP contribution in [0.1, 0.15) is 23.1 Å². The molecule has 1 atom stereocenters. The normalized spacial score (nSPS) is 15.0. The van der Waals surface area contributed by atoms with Gasteiger partial charge in [-0.2, -0.15) is 0 Å². The summed E-state index contributed by atoms with van der Waals surface area (Å²) in [6, 6.07) is 4.85. The minimum absolute atomic E-state index is 0.0385. The molecule has 6 nitrogen and oxygen atoms in total. The number of ether oxygens (including phenoxy) is 1. The van der Waals surface area contributed by atoms with E-state index in [2.05, 4.69) is 15.0 Å². The number of aliphatic hydroxyl groups is 1. The fraction of sp³-hybridized carbons (Fsp3) is 0.240. The zero-order valence-electron chi connectivity index (χ0n) is 18.6. The molecule has 0 bridgehead atoms. The molecule has 1 aliphatic heterocycles. The largest absolute Gasteiger partial charge is 0.382 e. The van der Waals surface area contributed by atoms with Gasteiger partial charge in [0.15, 0.2) is 5.82 Å². The van der Waals surface area contributed by atoms with Gasteiger partial charge in [0.05, 0.1) is 30.3 Å². The number of hydrogen-bond donors (Lipinski definition) is 1. The maximum absolute atomic E-state index is 15.5. The fourth-order valence-electron chi connectivity index (χ4n) is 4.32. The molecule has 0 spiro atoms. The second-order valence-corrected chi connectivity index (χ2v) is 8.56. The van der Waals surface area contributed by atoms with Gasteiger partial charge >= 0.3 is 0 Å². The molecule has 1 saturated heterocycles. The van der Waals surface area contributed by atoms with E-state index < -0.39 is 23.6 Å². The SMILES string of the molecule is Cc1nccnc1[C@H](O)c1cc(-c2ccnc3c(F)c(N4CCOCC4)cc(F)c23)c(F)cc1Cl. The minimum atomic E-state index is -1.31. The van der Waals surface area contributed by atoms with E-state index in [-0.39, 0.29) is 44.0 Å². The minimum Gasteiger partial charge on any atom is -0.382 e. The van der Waals surface area contributed by atoms with Crippen molar-refractivity contribution in [1.29, 1.82) is 0 Å². The highest BCUT2D eigenvalue weighted by atomic mass is 35.5. The molecule has 180 valence electrons. The van der Waals surface area contributed by atoms with Crippen LogP contribution in [0.3, 0.4) is 0 Å². The van der Waals surface area contributed by atoms with E-state index in [0.29, 0.717) is 32.0 Å². The topological polar surface area (TPSA) is 71.4 Å². The smallest absolute Gasteiger partial charge is 0.172 e. The van der Waals surface area contributed by atoms with Crippen molar-refractivity contribution in [3.63, 3.8) is 0 Å². The lowest BCUT2D eigenvalue weighted by Gasteiger charge is -2.29. The quantitative estimate of drug-likeness (QED) is 0.426. The van der Waals surface area contributed by atoms with E-state index in [1.807, 2.05) is 0 Å². The average Bonchev–Trinajstić information content (AvgIpc) is 2.86. The van der Waals surface area contributed by atoms with Gasteiger partial charge in [0, 0.05) is 59.3 Å². The third kappa shape index (κ3) is 4.20. The zero-order chi connectivity index (χ0) is 24.7. The van der Waals surface area contributed by atoms with Crippen molar-refractivity contribution in [3.8, 4) is 11.1 Å². The Hall–Kier alpha value is -3.27. The molecule has 0 amide bonds. The van der Waals surface area contributed by atoms with Crippen LogP contribution in [0.25, 0.3) is 22.0 Å². The second-order valence-electron chi connectivity index (χ2n) is 8.16. The van der Waals surface area contributed by atoms with Gasteiger partial charge < -0.3 is 14.7 Å². The number of aliphatic hydroxyl groups excluding tert-OH is 1. The van der Waals surface area contributed by atoms with Crippen LogP contribution in [0.5, 0.6) is 0 Å². The molecule has 0 unspecified atom stereocenters. The number of aryl methyl sites for hydroxylation is 1. The average molecular weight is 501 g/mol. The number of morpholine rings is 1. The molecule has 10 heteroatoms. The van der Waals surface area contributed by atoms with Crippen molar-refractivity contribution in [2.75, 3.05) is 31.2 Å². The molecule has 0 radical (unpaired) electrons. The third-order valence-electron chi connectivity index (χ3n) is 6.09. The lowest BCUT2D eigenvalue weighted by molar-refractivity contribution is 0.122. The Balaban J connectivity index is 1.67. The summed E-state index contributed by atoms with van der Waals surface area (Å²) in [4.78, 5) is 14.0. The predicted molar refractivity (Wildman–Crippen MR) is 126 cm³/mol. The van der Waals surface area contributed by atoms with E-state index >= 15 is 13.2 Å². The Morgan fingerprint density at radius 2 is 1.71 bits per heavy atom. The molecule has 1 fully saturated rings. The summed E-state index contributed by atoms with van der Waals surface area (Å²) in [7, 11) is 0. The zero-order valence-corrected chi connectivity index (χ0v) is 19.4. The predicted octanol–water partition coefficient (Wildman–Crippen LogP) is 4.99. The van der Waals surface area contributed by atoms with Crippen LogP contribution in [-0.4, -0.2) is 46.4 Å². The van der Waals surface area contributed by atoms with E-state index in [0.717, 1.165) is 12.1 Å². The number of anilines is 1. The number of fused-ring (bicyclic) bond motifs is 1. The number of halogens is 4. The van der Waals surface area contributed by atoms with Crippen LogP contribution in [0.4, 0.5) is 18.9 Å². The highest BCUT2D eigenvalue weighted by molar-refractivity contribution is 6.31. The van der Waals surface area contributed by atoms with Gasteiger partial charge in [-0.05, 0) is 30.7 Å². The Morgan fingerprint density at radius 3 is 2.46 bits per heavy atom. The van der Waals surface area contributed by atoms with Gasteiger partial charge in [-0.1, -0.05) is 11.6 Å². The number of pyridine rings is 1. The molecule has 0 aliphatic carbocycles. The van der Waals surface area contributed by atoms with Crippen LogP contribution in [0, 0.1) is 24.4 Å². The number of aromatic nitrogens is 3. The monoisotopic (exact) mass is 500 g/mol. The number of hydrogen-bond acceptors (Lipinski definition) is 6. The van der Waals surface area contributed by atoms with Gasteiger partial charge in [-0.3, -0.25) is 15.0 Å². The van der Waals surface area contributed by atoms with E-state index in [9.17, 15) is 5.11 Å². The van der Waals surface area contributed by atoms with Crippen molar-refractivity contribution in [3.05, 3.63) is 82.3 Å². The van der Waals surface area contributed by atoms with Gasteiger partial charge in [0.25, 0.3) is 0 Å². The molecular formula is C25H20ClF3N4O2. The first-order valence-electron chi connectivity index (χ1n) is 10.9. The molecule has 5 rings (SSSR count). The van der Waals surface area contributed by atoms with Crippen LogP contribution in [0.2, 0.25) is 5.02 Å². The lowest BCUT2D eigenvalue weighted by Crippen LogP contribution is -2.36. The summed E-state index contributed by atoms with van der Waals surface area (Å²) in [5.41, 5.74) is 0.758. The summed E-state index contributed by atoms with van der Waals surface area (Å²) in [6.07, 6.45) is 2.89. The Bertz CT molecular complexity index is 1430. The molecule has 0 saturated carbocycles. The summed E-state index contributed by atoms with van der Waals surface area (Å²) in [5, 5.41) is 10.7. The Kier molecular flexibility index (Phi) is 6.31. The van der Waals surface area contributed by atoms with E-state index in [4.69, 9.17) is 16.3 Å². The highest BCUT2D eigenvalue weighted by Crippen LogP contribution is 2.39. The van der Waals surface area contributed by atoms with Crippen LogP contribution < -0.4 is 4.90 Å². The molecule has 1 N–H and O–H groups in total. The van der Waals surface area contributed by atoms with Crippen molar-refractivity contribution in [2.24, 2.45) is 0 Å². The van der Waals surface area contributed by atoms with Crippen molar-refractivity contribution < 1.29 is 23.0 Å².